The van der Waals surface area contributed by atoms with Gasteiger partial charge >= 0.3 is 0 Å². The first-order valence-corrected chi connectivity index (χ1v) is 8.24. The molecule has 2 aliphatic rings. The zero-order chi connectivity index (χ0) is 12.4. The molecule has 1 aliphatic heterocycles. The lowest BCUT2D eigenvalue weighted by Crippen LogP contribution is -2.47. The first kappa shape index (κ1) is 12.7. The van der Waals surface area contributed by atoms with Crippen LogP contribution in [0.3, 0.4) is 0 Å². The molecule has 100 valence electrons. The molecular weight excluding hydrogens is 266 g/mol. The van der Waals surface area contributed by atoms with Gasteiger partial charge in [-0.15, -0.1) is 22.9 Å². The molecule has 1 saturated heterocycles. The molecule has 0 amide bonds. The molecule has 3 nitrogen and oxygen atoms in total. The second kappa shape index (κ2) is 5.76. The van der Waals surface area contributed by atoms with E-state index in [2.05, 4.69) is 20.2 Å². The van der Waals surface area contributed by atoms with Crippen molar-refractivity contribution in [1.82, 2.24) is 9.88 Å². The standard InChI is InChI=1S/C13H20ClN3S/c14-4-3-12-10-18-13(15-12)17-7-5-16(6-8-17)9-11-1-2-11/h10-11H,1-9H2. The van der Waals surface area contributed by atoms with E-state index in [1.165, 1.54) is 37.6 Å². The zero-order valence-electron chi connectivity index (χ0n) is 10.6. The van der Waals surface area contributed by atoms with E-state index in [0.29, 0.717) is 5.88 Å². The fraction of sp³-hybridized carbons (Fsp3) is 0.769. The molecule has 1 aliphatic carbocycles. The largest absolute Gasteiger partial charge is 0.346 e. The van der Waals surface area contributed by atoms with Gasteiger partial charge in [-0.25, -0.2) is 4.98 Å². The van der Waals surface area contributed by atoms with Crippen LogP contribution < -0.4 is 4.90 Å². The third kappa shape index (κ3) is 3.16. The number of aryl methyl sites for hydroxylation is 1. The van der Waals surface area contributed by atoms with E-state index in [9.17, 15) is 0 Å². The van der Waals surface area contributed by atoms with Crippen LogP contribution in [0.2, 0.25) is 0 Å². The van der Waals surface area contributed by atoms with Crippen LogP contribution in [0.5, 0.6) is 0 Å². The summed E-state index contributed by atoms with van der Waals surface area (Å²) in [7, 11) is 0. The number of thiazole rings is 1. The van der Waals surface area contributed by atoms with Gasteiger partial charge in [0.2, 0.25) is 0 Å². The number of piperazine rings is 1. The predicted molar refractivity (Wildman–Crippen MR) is 77.9 cm³/mol. The van der Waals surface area contributed by atoms with E-state index in [4.69, 9.17) is 11.6 Å². The highest BCUT2D eigenvalue weighted by molar-refractivity contribution is 7.13. The average Bonchev–Trinajstić information content (AvgIpc) is 3.07. The number of halogens is 1. The number of hydrogen-bond acceptors (Lipinski definition) is 4. The molecule has 1 aromatic heterocycles. The van der Waals surface area contributed by atoms with E-state index in [1.807, 2.05) is 0 Å². The maximum atomic E-state index is 5.75. The van der Waals surface area contributed by atoms with Crippen molar-refractivity contribution in [2.24, 2.45) is 5.92 Å². The summed E-state index contributed by atoms with van der Waals surface area (Å²) in [6.07, 6.45) is 3.79. The van der Waals surface area contributed by atoms with Gasteiger partial charge in [0.15, 0.2) is 5.13 Å². The molecular formula is C13H20ClN3S. The highest BCUT2D eigenvalue weighted by Crippen LogP contribution is 2.30. The summed E-state index contributed by atoms with van der Waals surface area (Å²) >= 11 is 7.51. The van der Waals surface area contributed by atoms with Crippen LogP contribution in [0.15, 0.2) is 5.38 Å². The number of anilines is 1. The maximum Gasteiger partial charge on any atom is 0.185 e. The lowest BCUT2D eigenvalue weighted by atomic mass is 10.3. The number of aromatic nitrogens is 1. The Balaban J connectivity index is 1.51. The van der Waals surface area contributed by atoms with Crippen molar-refractivity contribution >= 4 is 28.1 Å². The minimum atomic E-state index is 0.665. The van der Waals surface area contributed by atoms with Crippen molar-refractivity contribution in [2.45, 2.75) is 19.3 Å². The van der Waals surface area contributed by atoms with Crippen LogP contribution in [0.4, 0.5) is 5.13 Å². The van der Waals surface area contributed by atoms with Gasteiger partial charge in [-0.05, 0) is 18.8 Å². The Bertz CT molecular complexity index is 383. The summed E-state index contributed by atoms with van der Waals surface area (Å²) < 4.78 is 0. The highest BCUT2D eigenvalue weighted by atomic mass is 35.5. The smallest absolute Gasteiger partial charge is 0.185 e. The first-order valence-electron chi connectivity index (χ1n) is 6.83. The lowest BCUT2D eigenvalue weighted by molar-refractivity contribution is 0.248. The van der Waals surface area contributed by atoms with Gasteiger partial charge in [0, 0.05) is 50.4 Å². The van der Waals surface area contributed by atoms with Gasteiger partial charge < -0.3 is 4.90 Å². The second-order valence-corrected chi connectivity index (χ2v) is 6.51. The minimum absolute atomic E-state index is 0.665. The normalized spacial score (nSPS) is 21.5. The van der Waals surface area contributed by atoms with E-state index in [-0.39, 0.29) is 0 Å². The zero-order valence-corrected chi connectivity index (χ0v) is 12.2. The Morgan fingerprint density at radius 2 is 2.06 bits per heavy atom. The number of alkyl halides is 1. The Morgan fingerprint density at radius 3 is 2.72 bits per heavy atom. The SMILES string of the molecule is ClCCc1csc(N2CCN(CC3CC3)CC2)n1. The first-order chi connectivity index (χ1) is 8.85. The molecule has 0 spiro atoms. The third-order valence-electron chi connectivity index (χ3n) is 3.75. The van der Waals surface area contributed by atoms with E-state index in [1.54, 1.807) is 11.3 Å². The Kier molecular flexibility index (Phi) is 4.07. The van der Waals surface area contributed by atoms with Gasteiger partial charge in [0.05, 0.1) is 5.69 Å². The molecule has 0 atom stereocenters. The average molecular weight is 286 g/mol. The summed E-state index contributed by atoms with van der Waals surface area (Å²) in [5.74, 6) is 1.67. The molecule has 18 heavy (non-hydrogen) atoms. The van der Waals surface area contributed by atoms with Crippen molar-refractivity contribution in [3.8, 4) is 0 Å². The summed E-state index contributed by atoms with van der Waals surface area (Å²) in [5.41, 5.74) is 1.14. The summed E-state index contributed by atoms with van der Waals surface area (Å²) in [5, 5.41) is 3.33. The molecule has 1 saturated carbocycles. The monoisotopic (exact) mass is 285 g/mol. The Hall–Kier alpha value is -0.320. The van der Waals surface area contributed by atoms with Crippen molar-refractivity contribution < 1.29 is 0 Å². The third-order valence-corrected chi connectivity index (χ3v) is 4.89. The molecule has 0 aromatic carbocycles. The van der Waals surface area contributed by atoms with Gasteiger partial charge in [-0.1, -0.05) is 0 Å². The van der Waals surface area contributed by atoms with Crippen LogP contribution in [-0.4, -0.2) is 48.5 Å². The summed E-state index contributed by atoms with van der Waals surface area (Å²) in [6, 6.07) is 0. The van der Waals surface area contributed by atoms with Crippen LogP contribution in [-0.2, 0) is 6.42 Å². The molecule has 3 rings (SSSR count). The van der Waals surface area contributed by atoms with Crippen molar-refractivity contribution in [3.63, 3.8) is 0 Å². The van der Waals surface area contributed by atoms with E-state index >= 15 is 0 Å². The number of hydrogen-bond donors (Lipinski definition) is 0. The number of rotatable bonds is 5. The van der Waals surface area contributed by atoms with E-state index < -0.39 is 0 Å². The second-order valence-electron chi connectivity index (χ2n) is 5.29. The Morgan fingerprint density at radius 1 is 1.28 bits per heavy atom. The molecule has 0 bridgehead atoms. The molecule has 5 heteroatoms. The predicted octanol–water partition coefficient (Wildman–Crippen LogP) is 2.46. The minimum Gasteiger partial charge on any atom is -0.346 e. The number of nitrogens with zero attached hydrogens (tertiary/aromatic N) is 3. The van der Waals surface area contributed by atoms with Crippen LogP contribution in [0, 0.1) is 5.92 Å². The summed E-state index contributed by atoms with van der Waals surface area (Å²) in [6.45, 7) is 5.96. The van der Waals surface area contributed by atoms with Gasteiger partial charge in [-0.3, -0.25) is 4.90 Å². The van der Waals surface area contributed by atoms with Crippen molar-refractivity contribution in [1.29, 1.82) is 0 Å². The lowest BCUT2D eigenvalue weighted by Gasteiger charge is -2.34. The van der Waals surface area contributed by atoms with Crippen molar-refractivity contribution in [2.75, 3.05) is 43.5 Å². The topological polar surface area (TPSA) is 19.4 Å². The molecule has 1 aromatic rings. The van der Waals surface area contributed by atoms with Gasteiger partial charge in [0.25, 0.3) is 0 Å². The van der Waals surface area contributed by atoms with Gasteiger partial charge in [0.1, 0.15) is 0 Å². The van der Waals surface area contributed by atoms with Crippen LogP contribution in [0.25, 0.3) is 0 Å². The summed E-state index contributed by atoms with van der Waals surface area (Å²) in [4.78, 5) is 9.70. The fourth-order valence-corrected chi connectivity index (χ4v) is 3.55. The maximum absolute atomic E-state index is 5.75. The van der Waals surface area contributed by atoms with E-state index in [0.717, 1.165) is 31.1 Å². The van der Waals surface area contributed by atoms with Gasteiger partial charge in [-0.2, -0.15) is 0 Å². The highest BCUT2D eigenvalue weighted by Gasteiger charge is 2.26. The molecule has 2 heterocycles. The molecule has 0 N–H and O–H groups in total. The fourth-order valence-electron chi connectivity index (χ4n) is 2.44. The van der Waals surface area contributed by atoms with Crippen LogP contribution >= 0.6 is 22.9 Å². The van der Waals surface area contributed by atoms with Crippen LogP contribution in [0.1, 0.15) is 18.5 Å². The quantitative estimate of drug-likeness (QED) is 0.775. The van der Waals surface area contributed by atoms with Crippen molar-refractivity contribution in [3.05, 3.63) is 11.1 Å². The molecule has 0 radical (unpaired) electrons. The Labute approximate surface area is 118 Å². The molecule has 0 unspecified atom stereocenters. The molecule has 2 fully saturated rings.